The highest BCUT2D eigenvalue weighted by Gasteiger charge is 2.26. The minimum atomic E-state index is -0.342. The lowest BCUT2D eigenvalue weighted by Gasteiger charge is -2.34. The zero-order chi connectivity index (χ0) is 12.3. The Balaban J connectivity index is 1.72. The lowest BCUT2D eigenvalue weighted by Crippen LogP contribution is -2.47. The summed E-state index contributed by atoms with van der Waals surface area (Å²) >= 11 is 0. The number of nitrogens with zero attached hydrogens (tertiary/aromatic N) is 2. The summed E-state index contributed by atoms with van der Waals surface area (Å²) in [6.45, 7) is 7.37. The van der Waals surface area contributed by atoms with Crippen LogP contribution >= 0.6 is 0 Å². The van der Waals surface area contributed by atoms with Crippen molar-refractivity contribution in [3.63, 3.8) is 0 Å². The van der Waals surface area contributed by atoms with Crippen molar-refractivity contribution in [2.75, 3.05) is 32.7 Å². The molecule has 0 aromatic carbocycles. The molecule has 0 spiro atoms. The van der Waals surface area contributed by atoms with Gasteiger partial charge in [0.05, 0.1) is 6.04 Å². The second-order valence-electron chi connectivity index (χ2n) is 5.57. The summed E-state index contributed by atoms with van der Waals surface area (Å²) in [5, 5.41) is 0. The molecule has 2 rings (SSSR count). The van der Waals surface area contributed by atoms with Gasteiger partial charge in [0, 0.05) is 19.6 Å². The summed E-state index contributed by atoms with van der Waals surface area (Å²) in [7, 11) is 0. The molecule has 0 radical (unpaired) electrons. The number of carbonyl (C=O) groups excluding carboxylic acids is 1. The number of rotatable bonds is 3. The molecular weight excluding hydrogens is 214 g/mol. The Hall–Kier alpha value is -0.610. The van der Waals surface area contributed by atoms with Gasteiger partial charge in [-0.25, -0.2) is 0 Å². The Bertz CT molecular complexity index is 253. The van der Waals surface area contributed by atoms with Crippen LogP contribution in [-0.4, -0.2) is 54.5 Å². The van der Waals surface area contributed by atoms with Crippen molar-refractivity contribution in [1.29, 1.82) is 0 Å². The van der Waals surface area contributed by atoms with Crippen LogP contribution < -0.4 is 5.73 Å². The van der Waals surface area contributed by atoms with Crippen LogP contribution in [0.2, 0.25) is 0 Å². The Labute approximate surface area is 104 Å². The molecule has 4 nitrogen and oxygen atoms in total. The predicted molar refractivity (Wildman–Crippen MR) is 68.6 cm³/mol. The molecule has 0 bridgehead atoms. The fourth-order valence-corrected chi connectivity index (χ4v) is 2.95. The van der Waals surface area contributed by atoms with Crippen LogP contribution in [0, 0.1) is 5.92 Å². The highest BCUT2D eigenvalue weighted by atomic mass is 16.2. The first-order valence-corrected chi connectivity index (χ1v) is 6.93. The van der Waals surface area contributed by atoms with Crippen LogP contribution in [0.1, 0.15) is 32.6 Å². The van der Waals surface area contributed by atoms with E-state index in [4.69, 9.17) is 5.73 Å². The first kappa shape index (κ1) is 12.8. The highest BCUT2D eigenvalue weighted by molar-refractivity contribution is 5.81. The molecule has 4 heteroatoms. The molecule has 17 heavy (non-hydrogen) atoms. The molecule has 2 heterocycles. The third-order valence-electron chi connectivity index (χ3n) is 4.03. The second-order valence-corrected chi connectivity index (χ2v) is 5.57. The highest BCUT2D eigenvalue weighted by Crippen LogP contribution is 2.20. The van der Waals surface area contributed by atoms with E-state index in [0.29, 0.717) is 0 Å². The third-order valence-corrected chi connectivity index (χ3v) is 4.03. The van der Waals surface area contributed by atoms with Crippen LogP contribution in [0.25, 0.3) is 0 Å². The number of nitrogens with two attached hydrogens (primary N) is 1. The molecule has 0 aliphatic carbocycles. The van der Waals surface area contributed by atoms with E-state index in [2.05, 4.69) is 4.90 Å². The van der Waals surface area contributed by atoms with Crippen molar-refractivity contribution in [3.8, 4) is 0 Å². The smallest absolute Gasteiger partial charge is 0.239 e. The molecular formula is C13H25N3O. The summed E-state index contributed by atoms with van der Waals surface area (Å²) in [5.74, 6) is 0.898. The van der Waals surface area contributed by atoms with Gasteiger partial charge in [0.15, 0.2) is 0 Å². The van der Waals surface area contributed by atoms with Gasteiger partial charge in [-0.05, 0) is 51.6 Å². The van der Waals surface area contributed by atoms with Crippen molar-refractivity contribution in [3.05, 3.63) is 0 Å². The normalized spacial score (nSPS) is 25.2. The van der Waals surface area contributed by atoms with E-state index >= 15 is 0 Å². The molecule has 2 saturated heterocycles. The molecule has 2 N–H and O–H groups in total. The molecule has 2 fully saturated rings. The first-order chi connectivity index (χ1) is 8.16. The SMILES string of the molecule is C[C@@H](N)C(=O)N1CCC(CN2CCCC2)CC1. The molecule has 2 aliphatic rings. The maximum atomic E-state index is 11.7. The van der Waals surface area contributed by atoms with E-state index in [1.165, 1.54) is 32.5 Å². The topological polar surface area (TPSA) is 49.6 Å². The van der Waals surface area contributed by atoms with Crippen LogP contribution in [0.15, 0.2) is 0 Å². The molecule has 0 aromatic rings. The zero-order valence-electron chi connectivity index (χ0n) is 10.9. The molecule has 0 unspecified atom stereocenters. The number of piperidine rings is 1. The molecule has 0 saturated carbocycles. The van der Waals surface area contributed by atoms with Crippen molar-refractivity contribution in [1.82, 2.24) is 9.80 Å². The number of carbonyl (C=O) groups is 1. The van der Waals surface area contributed by atoms with Gasteiger partial charge in [-0.15, -0.1) is 0 Å². The van der Waals surface area contributed by atoms with Gasteiger partial charge in [0.1, 0.15) is 0 Å². The monoisotopic (exact) mass is 239 g/mol. The predicted octanol–water partition coefficient (Wildman–Crippen LogP) is 0.668. The van der Waals surface area contributed by atoms with Gasteiger partial charge < -0.3 is 15.5 Å². The van der Waals surface area contributed by atoms with Crippen LogP contribution in [0.5, 0.6) is 0 Å². The molecule has 1 atom stereocenters. The van der Waals surface area contributed by atoms with E-state index in [0.717, 1.165) is 31.8 Å². The van der Waals surface area contributed by atoms with E-state index in [-0.39, 0.29) is 11.9 Å². The van der Waals surface area contributed by atoms with E-state index in [9.17, 15) is 4.79 Å². The Morgan fingerprint density at radius 3 is 2.35 bits per heavy atom. The summed E-state index contributed by atoms with van der Waals surface area (Å²) in [6.07, 6.45) is 5.02. The molecule has 98 valence electrons. The van der Waals surface area contributed by atoms with Crippen LogP contribution in [-0.2, 0) is 4.79 Å². The first-order valence-electron chi connectivity index (χ1n) is 6.93. The lowest BCUT2D eigenvalue weighted by molar-refractivity contribution is -0.133. The van der Waals surface area contributed by atoms with Crippen molar-refractivity contribution in [2.24, 2.45) is 11.7 Å². The largest absolute Gasteiger partial charge is 0.341 e. The van der Waals surface area contributed by atoms with Crippen molar-refractivity contribution in [2.45, 2.75) is 38.6 Å². The number of hydrogen-bond donors (Lipinski definition) is 1. The van der Waals surface area contributed by atoms with Gasteiger partial charge in [-0.3, -0.25) is 4.79 Å². The fraction of sp³-hybridized carbons (Fsp3) is 0.923. The maximum Gasteiger partial charge on any atom is 0.239 e. The number of likely N-dealkylation sites (tertiary alicyclic amines) is 2. The van der Waals surface area contributed by atoms with Crippen molar-refractivity contribution >= 4 is 5.91 Å². The zero-order valence-corrected chi connectivity index (χ0v) is 10.9. The van der Waals surface area contributed by atoms with Crippen LogP contribution in [0.3, 0.4) is 0 Å². The Kier molecular flexibility index (Phi) is 4.40. The van der Waals surface area contributed by atoms with Gasteiger partial charge >= 0.3 is 0 Å². The minimum absolute atomic E-state index is 0.115. The third kappa shape index (κ3) is 3.42. The van der Waals surface area contributed by atoms with E-state index in [1.807, 2.05) is 4.90 Å². The maximum absolute atomic E-state index is 11.7. The standard InChI is InChI=1S/C13H25N3O/c1-11(14)13(17)16-8-4-12(5-9-16)10-15-6-2-3-7-15/h11-12H,2-10,14H2,1H3/t11-/m1/s1. The summed E-state index contributed by atoms with van der Waals surface area (Å²) < 4.78 is 0. The van der Waals surface area contributed by atoms with E-state index < -0.39 is 0 Å². The summed E-state index contributed by atoms with van der Waals surface area (Å²) in [4.78, 5) is 16.3. The van der Waals surface area contributed by atoms with Gasteiger partial charge in [-0.1, -0.05) is 0 Å². The molecule has 0 aromatic heterocycles. The van der Waals surface area contributed by atoms with Gasteiger partial charge in [-0.2, -0.15) is 0 Å². The number of hydrogen-bond acceptors (Lipinski definition) is 3. The summed E-state index contributed by atoms with van der Waals surface area (Å²) in [5.41, 5.74) is 5.63. The van der Waals surface area contributed by atoms with Crippen molar-refractivity contribution < 1.29 is 4.79 Å². The Morgan fingerprint density at radius 1 is 1.24 bits per heavy atom. The average molecular weight is 239 g/mol. The molecule has 2 aliphatic heterocycles. The van der Waals surface area contributed by atoms with E-state index in [1.54, 1.807) is 6.92 Å². The van der Waals surface area contributed by atoms with Gasteiger partial charge in [0.2, 0.25) is 5.91 Å². The lowest BCUT2D eigenvalue weighted by atomic mass is 9.96. The minimum Gasteiger partial charge on any atom is -0.341 e. The second kappa shape index (κ2) is 5.83. The number of amides is 1. The summed E-state index contributed by atoms with van der Waals surface area (Å²) in [6, 6.07) is -0.342. The molecule has 1 amide bonds. The quantitative estimate of drug-likeness (QED) is 0.787. The Morgan fingerprint density at radius 2 is 1.82 bits per heavy atom. The fourth-order valence-electron chi connectivity index (χ4n) is 2.95. The average Bonchev–Trinajstić information content (AvgIpc) is 2.82. The van der Waals surface area contributed by atoms with Gasteiger partial charge in [0.25, 0.3) is 0 Å². The van der Waals surface area contributed by atoms with Crippen LogP contribution in [0.4, 0.5) is 0 Å².